The number of hydrogen-bond acceptors (Lipinski definition) is 4. The number of rotatable bonds is 3. The predicted octanol–water partition coefficient (Wildman–Crippen LogP) is 3.48. The van der Waals surface area contributed by atoms with E-state index in [9.17, 15) is 13.2 Å². The Morgan fingerprint density at radius 1 is 1.00 bits per heavy atom. The quantitative estimate of drug-likeness (QED) is 0.736. The summed E-state index contributed by atoms with van der Waals surface area (Å²) in [7, 11) is -3.23. The number of anilines is 1. The van der Waals surface area contributed by atoms with E-state index < -0.39 is 9.84 Å². The van der Waals surface area contributed by atoms with Crippen molar-refractivity contribution in [1.29, 1.82) is 0 Å². The van der Waals surface area contributed by atoms with Gasteiger partial charge >= 0.3 is 0 Å². The molecular formula is C21H21N3O3S. The van der Waals surface area contributed by atoms with E-state index in [0.717, 1.165) is 22.4 Å². The highest BCUT2D eigenvalue weighted by Crippen LogP contribution is 2.33. The molecule has 6 nitrogen and oxygen atoms in total. The molecule has 28 heavy (non-hydrogen) atoms. The fourth-order valence-electron chi connectivity index (χ4n) is 3.30. The normalized spacial score (nSPS) is 14.7. The number of aryl methyl sites for hydroxylation is 3. The highest BCUT2D eigenvalue weighted by Gasteiger charge is 2.33. The number of amides is 1. The Hall–Kier alpha value is -2.93. The van der Waals surface area contributed by atoms with Crippen LogP contribution >= 0.6 is 0 Å². The van der Waals surface area contributed by atoms with Crippen LogP contribution in [0.4, 0.5) is 5.82 Å². The summed E-state index contributed by atoms with van der Waals surface area (Å²) in [6.45, 7) is 5.98. The summed E-state index contributed by atoms with van der Waals surface area (Å²) < 4.78 is 25.8. The molecule has 0 aliphatic carbocycles. The van der Waals surface area contributed by atoms with Crippen molar-refractivity contribution in [1.82, 2.24) is 9.78 Å². The second kappa shape index (κ2) is 6.60. The number of aromatic nitrogens is 2. The molecule has 2 heterocycles. The number of fused-ring (bicyclic) bond motifs is 1. The highest BCUT2D eigenvalue weighted by molar-refractivity contribution is 7.90. The largest absolute Gasteiger partial charge is 0.306 e. The summed E-state index contributed by atoms with van der Waals surface area (Å²) in [6.07, 6.45) is 0. The molecule has 2 aromatic carbocycles. The van der Waals surface area contributed by atoms with Crippen LogP contribution in [0.15, 0.2) is 42.5 Å². The predicted molar refractivity (Wildman–Crippen MR) is 108 cm³/mol. The zero-order valence-electron chi connectivity index (χ0n) is 16.0. The number of nitrogens with zero attached hydrogens (tertiary/aromatic N) is 2. The standard InChI is InChI=1S/C21H21N3O3S/c1-13-4-7-16(8-5-13)21(25)22-20-18-11-28(26,27)12-19(18)23-24(20)17-9-6-14(2)15(3)10-17/h4-10H,11-12H2,1-3H3,(H,22,25). The fraction of sp³-hybridized carbons (Fsp3) is 0.238. The topological polar surface area (TPSA) is 81.1 Å². The molecule has 0 bridgehead atoms. The molecule has 1 N–H and O–H groups in total. The molecule has 1 amide bonds. The van der Waals surface area contributed by atoms with Crippen LogP contribution in [0.25, 0.3) is 5.69 Å². The Labute approximate surface area is 164 Å². The van der Waals surface area contributed by atoms with Crippen molar-refractivity contribution in [3.63, 3.8) is 0 Å². The zero-order chi connectivity index (χ0) is 20.1. The second-order valence-corrected chi connectivity index (χ2v) is 9.37. The Morgan fingerprint density at radius 3 is 2.39 bits per heavy atom. The van der Waals surface area contributed by atoms with E-state index in [0.29, 0.717) is 22.6 Å². The van der Waals surface area contributed by atoms with E-state index in [4.69, 9.17) is 0 Å². The molecule has 1 aromatic heterocycles. The first-order chi connectivity index (χ1) is 13.2. The minimum absolute atomic E-state index is 0.104. The van der Waals surface area contributed by atoms with Gasteiger partial charge in [-0.25, -0.2) is 13.1 Å². The van der Waals surface area contributed by atoms with Crippen LogP contribution in [0.5, 0.6) is 0 Å². The van der Waals surface area contributed by atoms with E-state index in [1.807, 2.05) is 51.1 Å². The minimum Gasteiger partial charge on any atom is -0.306 e. The first kappa shape index (κ1) is 18.4. The first-order valence-corrected chi connectivity index (χ1v) is 10.8. The van der Waals surface area contributed by atoms with Crippen LogP contribution in [-0.4, -0.2) is 24.1 Å². The summed E-state index contributed by atoms with van der Waals surface area (Å²) in [5.41, 5.74) is 5.66. The van der Waals surface area contributed by atoms with Crippen molar-refractivity contribution in [3.8, 4) is 5.69 Å². The van der Waals surface area contributed by atoms with E-state index in [1.165, 1.54) is 0 Å². The monoisotopic (exact) mass is 395 g/mol. The molecule has 1 aliphatic rings. The van der Waals surface area contributed by atoms with Crippen molar-refractivity contribution in [2.45, 2.75) is 32.3 Å². The van der Waals surface area contributed by atoms with Crippen LogP contribution in [0.3, 0.4) is 0 Å². The third kappa shape index (κ3) is 3.33. The molecule has 0 saturated carbocycles. The number of nitrogens with one attached hydrogen (secondary N) is 1. The number of carbonyl (C=O) groups excluding carboxylic acids is 1. The molecule has 0 spiro atoms. The summed E-state index contributed by atoms with van der Waals surface area (Å²) in [5.74, 6) is -0.0912. The lowest BCUT2D eigenvalue weighted by Gasteiger charge is -2.12. The smallest absolute Gasteiger partial charge is 0.256 e. The van der Waals surface area contributed by atoms with Crippen molar-refractivity contribution in [3.05, 3.63) is 76.0 Å². The maximum atomic E-state index is 12.8. The van der Waals surface area contributed by atoms with Gasteiger partial charge in [0.15, 0.2) is 9.84 Å². The van der Waals surface area contributed by atoms with E-state index in [2.05, 4.69) is 10.4 Å². The molecule has 1 aliphatic heterocycles. The average molecular weight is 395 g/mol. The van der Waals surface area contributed by atoms with Gasteiger partial charge in [0.2, 0.25) is 0 Å². The maximum absolute atomic E-state index is 12.8. The number of benzene rings is 2. The average Bonchev–Trinajstić information content (AvgIpc) is 3.10. The van der Waals surface area contributed by atoms with Gasteiger partial charge in [-0.15, -0.1) is 0 Å². The number of hydrogen-bond donors (Lipinski definition) is 1. The van der Waals surface area contributed by atoms with Gasteiger partial charge < -0.3 is 5.32 Å². The molecular weight excluding hydrogens is 374 g/mol. The van der Waals surface area contributed by atoms with Gasteiger partial charge in [0.05, 0.1) is 22.9 Å². The SMILES string of the molecule is Cc1ccc(C(=O)Nc2c3c(nn2-c2ccc(C)c(C)c2)CS(=O)(=O)C3)cc1. The molecule has 0 atom stereocenters. The van der Waals surface area contributed by atoms with Crippen molar-refractivity contribution >= 4 is 21.6 Å². The lowest BCUT2D eigenvalue weighted by Crippen LogP contribution is -2.17. The summed E-state index contributed by atoms with van der Waals surface area (Å²) in [5, 5.41) is 7.41. The van der Waals surface area contributed by atoms with Crippen molar-refractivity contribution in [2.75, 3.05) is 5.32 Å². The fourth-order valence-corrected chi connectivity index (χ4v) is 4.79. The van der Waals surface area contributed by atoms with Gasteiger partial charge in [0, 0.05) is 11.1 Å². The summed E-state index contributed by atoms with van der Waals surface area (Å²) in [6, 6.07) is 13.1. The number of carbonyl (C=O) groups is 1. The number of sulfone groups is 1. The van der Waals surface area contributed by atoms with Gasteiger partial charge in [-0.3, -0.25) is 4.79 Å². The molecule has 3 aromatic rings. The molecule has 0 radical (unpaired) electrons. The molecule has 0 saturated heterocycles. The lowest BCUT2D eigenvalue weighted by atomic mass is 10.1. The van der Waals surface area contributed by atoms with Gasteiger partial charge in [-0.2, -0.15) is 5.10 Å². The third-order valence-corrected chi connectivity index (χ3v) is 6.51. The van der Waals surface area contributed by atoms with Gasteiger partial charge in [-0.05, 0) is 56.2 Å². The zero-order valence-corrected chi connectivity index (χ0v) is 16.8. The molecule has 4 rings (SSSR count). The van der Waals surface area contributed by atoms with Crippen LogP contribution in [0.1, 0.15) is 38.3 Å². The molecule has 0 fully saturated rings. The minimum atomic E-state index is -3.23. The van der Waals surface area contributed by atoms with Gasteiger partial charge in [0.25, 0.3) is 5.91 Å². The van der Waals surface area contributed by atoms with Crippen molar-refractivity contribution < 1.29 is 13.2 Å². The second-order valence-electron chi connectivity index (χ2n) is 7.31. The molecule has 7 heteroatoms. The molecule has 144 valence electrons. The van der Waals surface area contributed by atoms with E-state index in [1.54, 1.807) is 16.8 Å². The Morgan fingerprint density at radius 2 is 1.71 bits per heavy atom. The molecule has 0 unspecified atom stereocenters. The van der Waals surface area contributed by atoms with E-state index in [-0.39, 0.29) is 17.4 Å². The van der Waals surface area contributed by atoms with Crippen LogP contribution < -0.4 is 5.32 Å². The maximum Gasteiger partial charge on any atom is 0.256 e. The van der Waals surface area contributed by atoms with Crippen LogP contribution in [-0.2, 0) is 21.3 Å². The van der Waals surface area contributed by atoms with Gasteiger partial charge in [-0.1, -0.05) is 23.8 Å². The first-order valence-electron chi connectivity index (χ1n) is 9.00. The van der Waals surface area contributed by atoms with E-state index >= 15 is 0 Å². The van der Waals surface area contributed by atoms with Crippen molar-refractivity contribution in [2.24, 2.45) is 0 Å². The Balaban J connectivity index is 1.79. The highest BCUT2D eigenvalue weighted by atomic mass is 32.2. The summed E-state index contributed by atoms with van der Waals surface area (Å²) in [4.78, 5) is 12.8. The Bertz CT molecular complexity index is 1190. The lowest BCUT2D eigenvalue weighted by molar-refractivity contribution is 0.102. The van der Waals surface area contributed by atoms with Gasteiger partial charge in [0.1, 0.15) is 5.82 Å². The summed E-state index contributed by atoms with van der Waals surface area (Å²) >= 11 is 0. The third-order valence-electron chi connectivity index (χ3n) is 5.07. The van der Waals surface area contributed by atoms with Crippen LogP contribution in [0.2, 0.25) is 0 Å². The Kier molecular flexibility index (Phi) is 4.34. The van der Waals surface area contributed by atoms with Crippen LogP contribution in [0, 0.1) is 20.8 Å².